The van der Waals surface area contributed by atoms with Gasteiger partial charge in [0.1, 0.15) is 17.3 Å². The molecule has 0 saturated heterocycles. The molecule has 0 spiro atoms. The first-order chi connectivity index (χ1) is 11.6. The van der Waals surface area contributed by atoms with Crippen LogP contribution < -0.4 is 10.2 Å². The van der Waals surface area contributed by atoms with Crippen molar-refractivity contribution in [1.29, 1.82) is 0 Å². The summed E-state index contributed by atoms with van der Waals surface area (Å²) in [6.07, 6.45) is 0. The molecule has 0 bridgehead atoms. The summed E-state index contributed by atoms with van der Waals surface area (Å²) < 4.78 is 12.0. The predicted molar refractivity (Wildman–Crippen MR) is 88.2 cm³/mol. The van der Waals surface area contributed by atoms with Crippen molar-refractivity contribution >= 4 is 24.4 Å². The third kappa shape index (κ3) is 3.57. The van der Waals surface area contributed by atoms with Gasteiger partial charge in [0.05, 0.1) is 13.7 Å². The maximum Gasteiger partial charge on any atom is 0.285 e. The molecule has 3 aromatic rings. The Morgan fingerprint density at radius 3 is 2.88 bits per heavy atom. The van der Waals surface area contributed by atoms with Crippen molar-refractivity contribution in [2.75, 3.05) is 12.5 Å². The van der Waals surface area contributed by atoms with E-state index >= 15 is 0 Å². The number of aromatic hydroxyl groups is 1. The molecule has 24 heavy (non-hydrogen) atoms. The van der Waals surface area contributed by atoms with Crippen LogP contribution in [0.15, 0.2) is 38.2 Å². The minimum Gasteiger partial charge on any atom is -0.508 e. The van der Waals surface area contributed by atoms with Crippen molar-refractivity contribution in [2.24, 2.45) is 0 Å². The first-order valence-corrected chi connectivity index (χ1v) is 8.05. The van der Waals surface area contributed by atoms with Gasteiger partial charge in [-0.3, -0.25) is 0 Å². The maximum absolute atomic E-state index is 9.95. The molecule has 0 unspecified atom stereocenters. The van der Waals surface area contributed by atoms with Gasteiger partial charge in [0.25, 0.3) is 10.4 Å². The van der Waals surface area contributed by atoms with Crippen LogP contribution in [0.1, 0.15) is 11.4 Å². The molecule has 0 amide bonds. The van der Waals surface area contributed by atoms with Crippen molar-refractivity contribution in [3.05, 3.63) is 29.6 Å². The number of benzene rings is 1. The van der Waals surface area contributed by atoms with E-state index in [1.807, 2.05) is 0 Å². The molecule has 126 valence electrons. The Morgan fingerprint density at radius 2 is 2.17 bits per heavy atom. The topological polar surface area (TPSA) is 111 Å². The molecule has 0 fully saturated rings. The van der Waals surface area contributed by atoms with Crippen molar-refractivity contribution in [1.82, 2.24) is 25.1 Å². The van der Waals surface area contributed by atoms with E-state index in [1.54, 1.807) is 36.9 Å². The van der Waals surface area contributed by atoms with Crippen LogP contribution >= 0.6 is 24.4 Å². The van der Waals surface area contributed by atoms with Gasteiger partial charge >= 0.3 is 0 Å². The van der Waals surface area contributed by atoms with E-state index < -0.39 is 0 Å². The molecule has 0 atom stereocenters. The number of hydrogen-bond acceptors (Lipinski definition) is 10. The number of methoxy groups -OCH3 is 1. The van der Waals surface area contributed by atoms with Gasteiger partial charge in [-0.05, 0) is 25.1 Å². The molecule has 2 N–H and O–H groups in total. The Balaban J connectivity index is 1.77. The molecular weight excluding hydrogens is 352 g/mol. The summed E-state index contributed by atoms with van der Waals surface area (Å²) in [5.41, 5.74) is 3.82. The van der Waals surface area contributed by atoms with Gasteiger partial charge in [0, 0.05) is 17.3 Å². The van der Waals surface area contributed by atoms with Crippen molar-refractivity contribution in [3.63, 3.8) is 0 Å². The number of ether oxygens (including phenoxy) is 1. The Morgan fingerprint density at radius 1 is 1.33 bits per heavy atom. The van der Waals surface area contributed by atoms with Gasteiger partial charge < -0.3 is 19.7 Å². The summed E-state index contributed by atoms with van der Waals surface area (Å²) >= 11 is 5.12. The van der Waals surface area contributed by atoms with Crippen LogP contribution in [0, 0.1) is 6.92 Å². The van der Waals surface area contributed by atoms with Gasteiger partial charge in [0.15, 0.2) is 0 Å². The Bertz CT molecular complexity index is 850. The molecule has 0 aliphatic heterocycles. The number of nitrogens with zero attached hydrogens (tertiary/aromatic N) is 5. The predicted octanol–water partition coefficient (Wildman–Crippen LogP) is 1.87. The fourth-order valence-electron chi connectivity index (χ4n) is 1.91. The number of nitrogens with one attached hydrogen (secondary N) is 1. The second kappa shape index (κ2) is 7.01. The van der Waals surface area contributed by atoms with E-state index in [-0.39, 0.29) is 11.0 Å². The summed E-state index contributed by atoms with van der Waals surface area (Å²) in [5, 5.41) is 26.5. The molecule has 2 aromatic heterocycles. The van der Waals surface area contributed by atoms with Gasteiger partial charge in [-0.1, -0.05) is 17.7 Å². The molecule has 0 aliphatic carbocycles. The highest BCUT2D eigenvalue weighted by Crippen LogP contribution is 2.26. The number of hydrogen-bond donors (Lipinski definition) is 3. The summed E-state index contributed by atoms with van der Waals surface area (Å²) in [7, 11) is 1.57. The zero-order chi connectivity index (χ0) is 17.1. The lowest BCUT2D eigenvalue weighted by molar-refractivity contribution is 0.378. The number of thiol groups is 1. The summed E-state index contributed by atoms with van der Waals surface area (Å²) in [4.78, 5) is 0. The van der Waals surface area contributed by atoms with Crippen LogP contribution in [-0.4, -0.2) is 37.3 Å². The number of aromatic nitrogens is 5. The third-order valence-electron chi connectivity index (χ3n) is 3.08. The molecule has 1 aromatic carbocycles. The van der Waals surface area contributed by atoms with Gasteiger partial charge in [0.2, 0.25) is 5.16 Å². The Kier molecular flexibility index (Phi) is 4.81. The van der Waals surface area contributed by atoms with Crippen molar-refractivity contribution in [2.45, 2.75) is 29.1 Å². The number of aryl methyl sites for hydroxylation is 1. The lowest BCUT2D eigenvalue weighted by Gasteiger charge is -2.12. The van der Waals surface area contributed by atoms with Crippen LogP contribution in [-0.2, 0) is 6.54 Å². The van der Waals surface area contributed by atoms with Crippen LogP contribution in [0.5, 0.6) is 11.5 Å². The van der Waals surface area contributed by atoms with Crippen LogP contribution in [0.2, 0.25) is 0 Å². The van der Waals surface area contributed by atoms with Gasteiger partial charge in [-0.15, -0.1) is 15.3 Å². The van der Waals surface area contributed by atoms with E-state index in [0.717, 1.165) is 11.8 Å². The Hall–Kier alpha value is -2.40. The quantitative estimate of drug-likeness (QED) is 0.563. The van der Waals surface area contributed by atoms with Crippen LogP contribution in [0.3, 0.4) is 0 Å². The zero-order valence-corrected chi connectivity index (χ0v) is 14.5. The average molecular weight is 366 g/mol. The average Bonchev–Trinajstić information content (AvgIpc) is 3.13. The molecule has 2 heterocycles. The summed E-state index contributed by atoms with van der Waals surface area (Å²) in [6.45, 7) is 2.14. The first kappa shape index (κ1) is 16.5. The second-order valence-corrected chi connectivity index (χ2v) is 5.95. The maximum atomic E-state index is 9.95. The number of rotatable bonds is 6. The third-order valence-corrected chi connectivity index (χ3v) is 4.05. The molecular formula is C13H14N6O3S2. The fraction of sp³-hybridized carbons (Fsp3) is 0.231. The second-order valence-electron chi connectivity index (χ2n) is 4.65. The van der Waals surface area contributed by atoms with E-state index in [0.29, 0.717) is 34.1 Å². The largest absolute Gasteiger partial charge is 0.508 e. The fourth-order valence-corrected chi connectivity index (χ4v) is 2.83. The lowest BCUT2D eigenvalue weighted by atomic mass is 10.2. The van der Waals surface area contributed by atoms with Crippen LogP contribution in [0.4, 0.5) is 0 Å². The highest BCUT2D eigenvalue weighted by atomic mass is 32.2. The SMILES string of the molecule is COc1ccc(O)c(CNn2c(C)nnc2Sc2nnc(S)o2)c1. The standard InChI is InChI=1S/C13H14N6O3S2/c1-7-15-16-11(24-13-18-17-12(23)22-13)19(7)14-6-8-5-9(21-2)3-4-10(8)20/h3-5,14,20H,6H2,1-2H3,(H,17,23). The van der Waals surface area contributed by atoms with Gasteiger partial charge in [-0.2, -0.15) is 0 Å². The van der Waals surface area contributed by atoms with E-state index in [9.17, 15) is 5.11 Å². The number of phenols is 1. The molecule has 9 nitrogen and oxygen atoms in total. The monoisotopic (exact) mass is 366 g/mol. The van der Waals surface area contributed by atoms with E-state index in [1.165, 1.54) is 0 Å². The first-order valence-electron chi connectivity index (χ1n) is 6.79. The van der Waals surface area contributed by atoms with Gasteiger partial charge in [-0.25, -0.2) is 4.68 Å². The number of phenolic OH excluding ortho intramolecular Hbond substituents is 1. The summed E-state index contributed by atoms with van der Waals surface area (Å²) in [6, 6.07) is 5.02. The highest BCUT2D eigenvalue weighted by molar-refractivity contribution is 7.99. The lowest BCUT2D eigenvalue weighted by Crippen LogP contribution is -2.17. The van der Waals surface area contributed by atoms with Crippen LogP contribution in [0.25, 0.3) is 0 Å². The van der Waals surface area contributed by atoms with E-state index in [4.69, 9.17) is 9.15 Å². The van der Waals surface area contributed by atoms with Crippen molar-refractivity contribution < 1.29 is 14.3 Å². The normalized spacial score (nSPS) is 10.8. The van der Waals surface area contributed by atoms with E-state index in [2.05, 4.69) is 38.4 Å². The molecule has 11 heteroatoms. The zero-order valence-electron chi connectivity index (χ0n) is 12.8. The minimum atomic E-state index is 0.167. The Labute approximate surface area is 146 Å². The van der Waals surface area contributed by atoms with Crippen molar-refractivity contribution in [3.8, 4) is 11.5 Å². The molecule has 3 rings (SSSR count). The smallest absolute Gasteiger partial charge is 0.285 e. The minimum absolute atomic E-state index is 0.167. The molecule has 0 aliphatic rings. The molecule has 0 radical (unpaired) electrons. The summed E-state index contributed by atoms with van der Waals surface area (Å²) in [5.74, 6) is 1.47. The highest BCUT2D eigenvalue weighted by Gasteiger charge is 2.15. The molecule has 0 saturated carbocycles.